The Bertz CT molecular complexity index is 182. The van der Waals surface area contributed by atoms with Crippen LogP contribution >= 0.6 is 0 Å². The molecule has 0 saturated heterocycles. The second kappa shape index (κ2) is 4.45. The van der Waals surface area contributed by atoms with Crippen LogP contribution in [0.15, 0.2) is 0 Å². The third-order valence-corrected chi connectivity index (χ3v) is 4.22. The summed E-state index contributed by atoms with van der Waals surface area (Å²) < 4.78 is 6.01. The zero-order chi connectivity index (χ0) is 10.9. The summed E-state index contributed by atoms with van der Waals surface area (Å²) in [6.45, 7) is 7.53. The highest BCUT2D eigenvalue weighted by Gasteiger charge is 2.36. The Morgan fingerprint density at radius 2 is 1.47 bits per heavy atom. The van der Waals surface area contributed by atoms with Gasteiger partial charge in [-0.3, -0.25) is 0 Å². The zero-order valence-electron chi connectivity index (χ0n) is 10.6. The number of rotatable bonds is 4. The van der Waals surface area contributed by atoms with Gasteiger partial charge in [-0.25, -0.2) is 0 Å². The van der Waals surface area contributed by atoms with Gasteiger partial charge in [0.1, 0.15) is 0 Å². The lowest BCUT2D eigenvalue weighted by molar-refractivity contribution is -0.0639. The molecule has 0 N–H and O–H groups in total. The molecule has 0 aromatic rings. The van der Waals surface area contributed by atoms with Gasteiger partial charge in [-0.15, -0.1) is 0 Å². The summed E-state index contributed by atoms with van der Waals surface area (Å²) in [4.78, 5) is 0. The minimum Gasteiger partial charge on any atom is -0.376 e. The molecule has 1 nitrogen and oxygen atoms in total. The van der Waals surface area contributed by atoms with Crippen LogP contribution in [-0.4, -0.2) is 12.2 Å². The molecule has 0 aromatic carbocycles. The molecule has 2 saturated carbocycles. The third-order valence-electron chi connectivity index (χ3n) is 4.22. The van der Waals surface area contributed by atoms with E-state index in [1.807, 2.05) is 0 Å². The second-order valence-electron chi connectivity index (χ2n) is 6.47. The molecule has 0 aromatic heterocycles. The summed E-state index contributed by atoms with van der Waals surface area (Å²) in [5.41, 5.74) is 0.0474. The van der Waals surface area contributed by atoms with Crippen LogP contribution in [0.3, 0.4) is 0 Å². The largest absolute Gasteiger partial charge is 0.376 e. The predicted molar refractivity (Wildman–Crippen MR) is 63.9 cm³/mol. The van der Waals surface area contributed by atoms with E-state index in [1.54, 1.807) is 0 Å². The first-order valence-electron chi connectivity index (χ1n) is 6.70. The quantitative estimate of drug-likeness (QED) is 0.681. The van der Waals surface area contributed by atoms with Crippen LogP contribution in [0, 0.1) is 17.8 Å². The number of hydrogen-bond acceptors (Lipinski definition) is 1. The van der Waals surface area contributed by atoms with E-state index in [0.29, 0.717) is 0 Å². The molecule has 0 unspecified atom stereocenters. The van der Waals surface area contributed by atoms with Gasteiger partial charge in [0, 0.05) is 0 Å². The maximum atomic E-state index is 6.01. The van der Waals surface area contributed by atoms with Crippen molar-refractivity contribution >= 4 is 0 Å². The maximum Gasteiger partial charge on any atom is 0.0598 e. The Labute approximate surface area is 94.6 Å². The predicted octanol–water partition coefficient (Wildman–Crippen LogP) is 4.02. The summed E-state index contributed by atoms with van der Waals surface area (Å²) in [5.74, 6) is 2.88. The SMILES string of the molecule is CC(C)(C)OCC(C1CCC1)C1CCC1. The fraction of sp³-hybridized carbons (Fsp3) is 1.00. The van der Waals surface area contributed by atoms with Crippen LogP contribution in [0.25, 0.3) is 0 Å². The summed E-state index contributed by atoms with van der Waals surface area (Å²) in [5, 5.41) is 0. The molecular formula is C14H26O. The Morgan fingerprint density at radius 1 is 1.00 bits per heavy atom. The standard InChI is InChI=1S/C14H26O/c1-14(2,3)15-10-13(11-6-4-7-11)12-8-5-9-12/h11-13H,4-10H2,1-3H3. The normalized spacial score (nSPS) is 24.0. The van der Waals surface area contributed by atoms with Crippen molar-refractivity contribution in [3.05, 3.63) is 0 Å². The Kier molecular flexibility index (Phi) is 3.39. The first-order valence-corrected chi connectivity index (χ1v) is 6.70. The van der Waals surface area contributed by atoms with Crippen LogP contribution in [0.1, 0.15) is 59.3 Å². The second-order valence-corrected chi connectivity index (χ2v) is 6.47. The molecule has 15 heavy (non-hydrogen) atoms. The van der Waals surface area contributed by atoms with Gasteiger partial charge in [-0.2, -0.15) is 0 Å². The molecule has 0 aliphatic heterocycles. The fourth-order valence-corrected chi connectivity index (χ4v) is 2.74. The average Bonchev–Trinajstić information content (AvgIpc) is 1.91. The van der Waals surface area contributed by atoms with E-state index in [4.69, 9.17) is 4.74 Å². The van der Waals surface area contributed by atoms with Gasteiger partial charge in [0.25, 0.3) is 0 Å². The molecule has 2 rings (SSSR count). The monoisotopic (exact) mass is 210 g/mol. The van der Waals surface area contributed by atoms with Crippen LogP contribution in [-0.2, 0) is 4.74 Å². The summed E-state index contributed by atoms with van der Waals surface area (Å²) in [7, 11) is 0. The molecule has 0 heterocycles. The number of ether oxygens (including phenoxy) is 1. The van der Waals surface area contributed by atoms with Gasteiger partial charge in [0.15, 0.2) is 0 Å². The highest BCUT2D eigenvalue weighted by molar-refractivity contribution is 4.86. The van der Waals surface area contributed by atoms with Crippen LogP contribution in [0.4, 0.5) is 0 Å². The van der Waals surface area contributed by atoms with Gasteiger partial charge in [0.05, 0.1) is 12.2 Å². The molecule has 0 amide bonds. The minimum atomic E-state index is 0.0474. The highest BCUT2D eigenvalue weighted by atomic mass is 16.5. The first-order chi connectivity index (χ1) is 7.06. The van der Waals surface area contributed by atoms with E-state index in [1.165, 1.54) is 38.5 Å². The van der Waals surface area contributed by atoms with E-state index >= 15 is 0 Å². The van der Waals surface area contributed by atoms with Crippen molar-refractivity contribution < 1.29 is 4.74 Å². The molecule has 1 heteroatoms. The van der Waals surface area contributed by atoms with Crippen molar-refractivity contribution in [2.24, 2.45) is 17.8 Å². The molecule has 0 spiro atoms. The lowest BCUT2D eigenvalue weighted by atomic mass is 9.65. The van der Waals surface area contributed by atoms with Crippen molar-refractivity contribution in [2.45, 2.75) is 64.9 Å². The molecule has 0 radical (unpaired) electrons. The molecule has 2 aliphatic carbocycles. The Hall–Kier alpha value is -0.0400. The third kappa shape index (κ3) is 2.96. The van der Waals surface area contributed by atoms with Crippen LogP contribution < -0.4 is 0 Å². The van der Waals surface area contributed by atoms with Gasteiger partial charge in [-0.1, -0.05) is 38.5 Å². The van der Waals surface area contributed by atoms with Crippen LogP contribution in [0.5, 0.6) is 0 Å². The molecule has 2 fully saturated rings. The van der Waals surface area contributed by atoms with Crippen molar-refractivity contribution in [3.8, 4) is 0 Å². The number of hydrogen-bond donors (Lipinski definition) is 0. The summed E-state index contributed by atoms with van der Waals surface area (Å²) in [6.07, 6.45) is 8.79. The Morgan fingerprint density at radius 3 is 1.73 bits per heavy atom. The van der Waals surface area contributed by atoms with Crippen molar-refractivity contribution in [3.63, 3.8) is 0 Å². The maximum absolute atomic E-state index is 6.01. The van der Waals surface area contributed by atoms with E-state index in [-0.39, 0.29) is 5.60 Å². The lowest BCUT2D eigenvalue weighted by Gasteiger charge is -2.43. The van der Waals surface area contributed by atoms with E-state index in [9.17, 15) is 0 Å². The molecule has 0 atom stereocenters. The lowest BCUT2D eigenvalue weighted by Crippen LogP contribution is -2.37. The first kappa shape index (κ1) is 11.4. The molecule has 88 valence electrons. The average molecular weight is 210 g/mol. The van der Waals surface area contributed by atoms with E-state index in [2.05, 4.69) is 20.8 Å². The van der Waals surface area contributed by atoms with Gasteiger partial charge in [0.2, 0.25) is 0 Å². The van der Waals surface area contributed by atoms with Crippen molar-refractivity contribution in [1.29, 1.82) is 0 Å². The summed E-state index contributed by atoms with van der Waals surface area (Å²) in [6, 6.07) is 0. The van der Waals surface area contributed by atoms with Gasteiger partial charge < -0.3 is 4.74 Å². The van der Waals surface area contributed by atoms with Crippen LogP contribution in [0.2, 0.25) is 0 Å². The topological polar surface area (TPSA) is 9.23 Å². The highest BCUT2D eigenvalue weighted by Crippen LogP contribution is 2.44. The fourth-order valence-electron chi connectivity index (χ4n) is 2.74. The van der Waals surface area contributed by atoms with E-state index in [0.717, 1.165) is 24.4 Å². The minimum absolute atomic E-state index is 0.0474. The zero-order valence-corrected chi connectivity index (χ0v) is 10.6. The smallest absolute Gasteiger partial charge is 0.0598 e. The van der Waals surface area contributed by atoms with Crippen molar-refractivity contribution in [1.82, 2.24) is 0 Å². The molecule has 2 aliphatic rings. The van der Waals surface area contributed by atoms with Gasteiger partial charge >= 0.3 is 0 Å². The van der Waals surface area contributed by atoms with Gasteiger partial charge in [-0.05, 0) is 38.5 Å². The molecule has 0 bridgehead atoms. The Balaban J connectivity index is 1.81. The van der Waals surface area contributed by atoms with E-state index < -0.39 is 0 Å². The molecular weight excluding hydrogens is 184 g/mol. The summed E-state index contributed by atoms with van der Waals surface area (Å²) >= 11 is 0. The van der Waals surface area contributed by atoms with Crippen molar-refractivity contribution in [2.75, 3.05) is 6.61 Å².